The summed E-state index contributed by atoms with van der Waals surface area (Å²) in [5.74, 6) is 0.859. The van der Waals surface area contributed by atoms with Crippen molar-refractivity contribution in [2.75, 3.05) is 6.54 Å². The highest BCUT2D eigenvalue weighted by atomic mass is 19.1. The molecule has 0 aliphatic carbocycles. The maximum atomic E-state index is 14.1. The molecule has 2 rings (SSSR count). The summed E-state index contributed by atoms with van der Waals surface area (Å²) in [4.78, 5) is 4.37. The lowest BCUT2D eigenvalue weighted by molar-refractivity contribution is 0.584. The van der Waals surface area contributed by atoms with Gasteiger partial charge in [-0.1, -0.05) is 26.0 Å². The summed E-state index contributed by atoms with van der Waals surface area (Å²) in [5, 5.41) is 3.23. The molecule has 0 aliphatic rings. The van der Waals surface area contributed by atoms with Crippen LogP contribution >= 0.6 is 0 Å². The van der Waals surface area contributed by atoms with E-state index in [2.05, 4.69) is 28.7 Å². The molecule has 0 fully saturated rings. The summed E-state index contributed by atoms with van der Waals surface area (Å²) in [5.41, 5.74) is 1.69. The van der Waals surface area contributed by atoms with Gasteiger partial charge in [-0.2, -0.15) is 0 Å². The third-order valence-electron chi connectivity index (χ3n) is 3.49. The first-order valence-electron chi connectivity index (χ1n) is 7.72. The van der Waals surface area contributed by atoms with E-state index in [-0.39, 0.29) is 5.82 Å². The van der Waals surface area contributed by atoms with Crippen molar-refractivity contribution in [1.29, 1.82) is 0 Å². The van der Waals surface area contributed by atoms with Gasteiger partial charge in [0.2, 0.25) is 0 Å². The molecule has 0 aliphatic heterocycles. The fraction of sp³-hybridized carbons (Fsp3) is 0.471. The predicted octanol–water partition coefficient (Wildman–Crippen LogP) is 3.52. The largest absolute Gasteiger partial charge is 0.335 e. The average molecular weight is 289 g/mol. The minimum Gasteiger partial charge on any atom is -0.335 e. The summed E-state index contributed by atoms with van der Waals surface area (Å²) in [6.45, 7) is 6.70. The number of benzene rings is 1. The molecule has 114 valence electrons. The molecule has 0 unspecified atom stereocenters. The molecule has 2 aromatic rings. The fourth-order valence-electron chi connectivity index (χ4n) is 2.38. The van der Waals surface area contributed by atoms with Crippen molar-refractivity contribution < 1.29 is 4.39 Å². The minimum atomic E-state index is -0.135. The van der Waals surface area contributed by atoms with Crippen molar-refractivity contribution in [1.82, 2.24) is 14.9 Å². The van der Waals surface area contributed by atoms with Gasteiger partial charge in [0.1, 0.15) is 11.6 Å². The molecule has 0 saturated carbocycles. The maximum absolute atomic E-state index is 14.1. The molecule has 0 amide bonds. The van der Waals surface area contributed by atoms with Gasteiger partial charge < -0.3 is 9.88 Å². The molecular formula is C17H24FN3. The zero-order valence-corrected chi connectivity index (χ0v) is 12.9. The van der Waals surface area contributed by atoms with Crippen molar-refractivity contribution in [3.8, 4) is 0 Å². The van der Waals surface area contributed by atoms with E-state index >= 15 is 0 Å². The van der Waals surface area contributed by atoms with Crippen LogP contribution in [0.5, 0.6) is 0 Å². The van der Waals surface area contributed by atoms with Gasteiger partial charge in [-0.15, -0.1) is 0 Å². The molecule has 3 nitrogen and oxygen atoms in total. The van der Waals surface area contributed by atoms with Gasteiger partial charge in [-0.3, -0.25) is 0 Å². The second kappa shape index (κ2) is 7.93. The average Bonchev–Trinajstić information content (AvgIpc) is 2.89. The van der Waals surface area contributed by atoms with Crippen LogP contribution in [0.15, 0.2) is 30.6 Å². The third-order valence-corrected chi connectivity index (χ3v) is 3.49. The van der Waals surface area contributed by atoms with E-state index in [1.54, 1.807) is 6.07 Å². The van der Waals surface area contributed by atoms with Crippen molar-refractivity contribution in [3.63, 3.8) is 0 Å². The topological polar surface area (TPSA) is 29.9 Å². The van der Waals surface area contributed by atoms with Crippen LogP contribution in [-0.2, 0) is 19.5 Å². The lowest BCUT2D eigenvalue weighted by Gasteiger charge is -2.09. The van der Waals surface area contributed by atoms with E-state index in [1.807, 2.05) is 24.5 Å². The number of nitrogens with one attached hydrogen (secondary N) is 1. The Kier molecular flexibility index (Phi) is 5.93. The van der Waals surface area contributed by atoms with Gasteiger partial charge in [-0.05, 0) is 31.0 Å². The van der Waals surface area contributed by atoms with Crippen LogP contribution in [0.2, 0.25) is 0 Å². The first-order valence-corrected chi connectivity index (χ1v) is 7.72. The van der Waals surface area contributed by atoms with Gasteiger partial charge >= 0.3 is 0 Å². The molecule has 0 spiro atoms. The number of rotatable bonds is 8. The van der Waals surface area contributed by atoms with E-state index < -0.39 is 0 Å². The summed E-state index contributed by atoms with van der Waals surface area (Å²) in [6, 6.07) is 5.51. The van der Waals surface area contributed by atoms with E-state index in [0.717, 1.165) is 42.9 Å². The lowest BCUT2D eigenvalue weighted by atomic mass is 10.1. The Morgan fingerprint density at radius 3 is 2.81 bits per heavy atom. The quantitative estimate of drug-likeness (QED) is 0.754. The number of halogens is 1. The lowest BCUT2D eigenvalue weighted by Crippen LogP contribution is -2.15. The summed E-state index contributed by atoms with van der Waals surface area (Å²) in [7, 11) is 0. The standard InChI is InChI=1S/C17H24FN3/c1-3-7-19-13-15-6-5-14(11-16(15)18)12-17-20-8-10-21(17)9-4-2/h5-6,8,10-11,19H,3-4,7,9,12-13H2,1-2H3. The zero-order chi connectivity index (χ0) is 15.1. The highest BCUT2D eigenvalue weighted by Gasteiger charge is 2.07. The minimum absolute atomic E-state index is 0.135. The summed E-state index contributed by atoms with van der Waals surface area (Å²) < 4.78 is 16.2. The Bertz CT molecular complexity index is 563. The molecule has 0 atom stereocenters. The third kappa shape index (κ3) is 4.39. The molecule has 4 heteroatoms. The van der Waals surface area contributed by atoms with Crippen LogP contribution in [0.25, 0.3) is 0 Å². The van der Waals surface area contributed by atoms with Crippen LogP contribution in [0, 0.1) is 5.82 Å². The van der Waals surface area contributed by atoms with Crippen LogP contribution in [0.3, 0.4) is 0 Å². The summed E-state index contributed by atoms with van der Waals surface area (Å²) in [6.07, 6.45) is 6.59. The fourth-order valence-corrected chi connectivity index (χ4v) is 2.38. The molecule has 1 heterocycles. The molecular weight excluding hydrogens is 265 g/mol. The first-order chi connectivity index (χ1) is 10.2. The van der Waals surface area contributed by atoms with E-state index in [1.165, 1.54) is 0 Å². The maximum Gasteiger partial charge on any atom is 0.127 e. The molecule has 0 radical (unpaired) electrons. The van der Waals surface area contributed by atoms with Crippen molar-refractivity contribution >= 4 is 0 Å². The van der Waals surface area contributed by atoms with Gasteiger partial charge in [0.15, 0.2) is 0 Å². The van der Waals surface area contributed by atoms with Gasteiger partial charge in [0.25, 0.3) is 0 Å². The van der Waals surface area contributed by atoms with Crippen LogP contribution in [-0.4, -0.2) is 16.1 Å². The number of aromatic nitrogens is 2. The van der Waals surface area contributed by atoms with E-state index in [0.29, 0.717) is 13.0 Å². The second-order valence-electron chi connectivity index (χ2n) is 5.32. The summed E-state index contributed by atoms with van der Waals surface area (Å²) >= 11 is 0. The van der Waals surface area contributed by atoms with Crippen LogP contribution in [0.4, 0.5) is 4.39 Å². The molecule has 1 aromatic heterocycles. The number of aryl methyl sites for hydroxylation is 1. The highest BCUT2D eigenvalue weighted by molar-refractivity contribution is 5.26. The Morgan fingerprint density at radius 2 is 2.10 bits per heavy atom. The second-order valence-corrected chi connectivity index (χ2v) is 5.32. The molecule has 1 aromatic carbocycles. The zero-order valence-electron chi connectivity index (χ0n) is 12.9. The van der Waals surface area contributed by atoms with Crippen LogP contribution < -0.4 is 5.32 Å². The Balaban J connectivity index is 2.04. The van der Waals surface area contributed by atoms with Crippen LogP contribution in [0.1, 0.15) is 43.6 Å². The first kappa shape index (κ1) is 15.7. The molecule has 1 N–H and O–H groups in total. The Labute approximate surface area is 126 Å². The van der Waals surface area contributed by atoms with Crippen molar-refractivity contribution in [2.24, 2.45) is 0 Å². The number of imidazole rings is 1. The Hall–Kier alpha value is -1.68. The van der Waals surface area contributed by atoms with E-state index in [9.17, 15) is 4.39 Å². The number of hydrogen-bond acceptors (Lipinski definition) is 2. The SMILES string of the molecule is CCCNCc1ccc(Cc2nccn2CCC)cc1F. The number of hydrogen-bond donors (Lipinski definition) is 1. The predicted molar refractivity (Wildman–Crippen MR) is 83.7 cm³/mol. The van der Waals surface area contributed by atoms with Crippen molar-refractivity contribution in [3.05, 3.63) is 53.4 Å². The molecule has 21 heavy (non-hydrogen) atoms. The normalized spacial score (nSPS) is 11.0. The number of nitrogens with zero attached hydrogens (tertiary/aromatic N) is 2. The monoisotopic (exact) mass is 289 g/mol. The van der Waals surface area contributed by atoms with Gasteiger partial charge in [0.05, 0.1) is 0 Å². The van der Waals surface area contributed by atoms with Crippen molar-refractivity contribution in [2.45, 2.75) is 46.2 Å². The smallest absolute Gasteiger partial charge is 0.127 e. The highest BCUT2D eigenvalue weighted by Crippen LogP contribution is 2.14. The molecule has 0 saturated heterocycles. The Morgan fingerprint density at radius 1 is 1.24 bits per heavy atom. The van der Waals surface area contributed by atoms with E-state index in [4.69, 9.17) is 0 Å². The van der Waals surface area contributed by atoms with Gasteiger partial charge in [-0.25, -0.2) is 9.37 Å². The van der Waals surface area contributed by atoms with Gasteiger partial charge in [0, 0.05) is 37.5 Å². The molecule has 0 bridgehead atoms.